The summed E-state index contributed by atoms with van der Waals surface area (Å²) < 4.78 is 6.05. The van der Waals surface area contributed by atoms with E-state index in [9.17, 15) is 4.79 Å². The SMILES string of the molecule is CCCN(C)Cc1cc(C(=O)OCCCCCCl)cc(Br)c1N. The zero-order chi connectivity index (χ0) is 17.2. The van der Waals surface area contributed by atoms with Gasteiger partial charge in [-0.05, 0) is 72.9 Å². The number of nitrogens with zero attached hydrogens (tertiary/aromatic N) is 1. The molecule has 0 saturated heterocycles. The second-order valence-corrected chi connectivity index (χ2v) is 6.89. The molecule has 4 nitrogen and oxygen atoms in total. The Kier molecular flexibility index (Phi) is 9.60. The summed E-state index contributed by atoms with van der Waals surface area (Å²) in [5, 5.41) is 0. The highest BCUT2D eigenvalue weighted by atomic mass is 79.9. The van der Waals surface area contributed by atoms with E-state index >= 15 is 0 Å². The fraction of sp³-hybridized carbons (Fsp3) is 0.588. The maximum atomic E-state index is 12.2. The number of carbonyl (C=O) groups excluding carboxylic acids is 1. The van der Waals surface area contributed by atoms with Gasteiger partial charge in [0.25, 0.3) is 0 Å². The van der Waals surface area contributed by atoms with Crippen LogP contribution < -0.4 is 5.73 Å². The first-order valence-corrected chi connectivity index (χ1v) is 9.31. The van der Waals surface area contributed by atoms with Crippen LogP contribution in [0.3, 0.4) is 0 Å². The molecule has 0 atom stereocenters. The third kappa shape index (κ3) is 7.10. The van der Waals surface area contributed by atoms with Crippen molar-refractivity contribution >= 4 is 39.2 Å². The van der Waals surface area contributed by atoms with Crippen LogP contribution in [0.15, 0.2) is 16.6 Å². The van der Waals surface area contributed by atoms with Crippen molar-refractivity contribution < 1.29 is 9.53 Å². The minimum atomic E-state index is -0.309. The maximum Gasteiger partial charge on any atom is 0.338 e. The van der Waals surface area contributed by atoms with E-state index in [1.54, 1.807) is 6.07 Å². The number of carbonyl (C=O) groups is 1. The molecule has 1 aromatic rings. The van der Waals surface area contributed by atoms with Crippen LogP contribution in [-0.4, -0.2) is 36.9 Å². The highest BCUT2D eigenvalue weighted by Crippen LogP contribution is 2.27. The summed E-state index contributed by atoms with van der Waals surface area (Å²) in [6.45, 7) is 4.23. The lowest BCUT2D eigenvalue weighted by molar-refractivity contribution is 0.0498. The van der Waals surface area contributed by atoms with E-state index in [1.807, 2.05) is 13.1 Å². The van der Waals surface area contributed by atoms with Crippen molar-refractivity contribution in [2.24, 2.45) is 0 Å². The second-order valence-electron chi connectivity index (χ2n) is 5.65. The molecule has 1 aromatic carbocycles. The third-order valence-electron chi connectivity index (χ3n) is 3.51. The molecule has 130 valence electrons. The van der Waals surface area contributed by atoms with Crippen LogP contribution in [0.5, 0.6) is 0 Å². The van der Waals surface area contributed by atoms with Crippen molar-refractivity contribution in [3.05, 3.63) is 27.7 Å². The van der Waals surface area contributed by atoms with E-state index in [1.165, 1.54) is 0 Å². The molecule has 0 unspecified atom stereocenters. The van der Waals surface area contributed by atoms with E-state index in [-0.39, 0.29) is 5.97 Å². The largest absolute Gasteiger partial charge is 0.462 e. The van der Waals surface area contributed by atoms with Crippen LogP contribution in [0.2, 0.25) is 0 Å². The van der Waals surface area contributed by atoms with Crippen LogP contribution in [0.1, 0.15) is 48.5 Å². The van der Waals surface area contributed by atoms with Crippen LogP contribution in [0.25, 0.3) is 0 Å². The van der Waals surface area contributed by atoms with Gasteiger partial charge in [-0.2, -0.15) is 0 Å². The van der Waals surface area contributed by atoms with Crippen molar-refractivity contribution in [1.29, 1.82) is 0 Å². The van der Waals surface area contributed by atoms with Gasteiger partial charge in [0.1, 0.15) is 0 Å². The minimum absolute atomic E-state index is 0.309. The van der Waals surface area contributed by atoms with Gasteiger partial charge in [0, 0.05) is 16.9 Å². The lowest BCUT2D eigenvalue weighted by Crippen LogP contribution is -2.20. The zero-order valence-corrected chi connectivity index (χ0v) is 16.3. The Morgan fingerprint density at radius 3 is 2.74 bits per heavy atom. The average molecular weight is 406 g/mol. The summed E-state index contributed by atoms with van der Waals surface area (Å²) in [6.07, 6.45) is 3.82. The van der Waals surface area contributed by atoms with E-state index in [0.29, 0.717) is 30.3 Å². The number of anilines is 1. The van der Waals surface area contributed by atoms with Crippen LogP contribution in [-0.2, 0) is 11.3 Å². The summed E-state index contributed by atoms with van der Waals surface area (Å²) in [4.78, 5) is 14.4. The van der Waals surface area contributed by atoms with Gasteiger partial charge >= 0.3 is 5.97 Å². The molecule has 0 fully saturated rings. The molecule has 0 aliphatic heterocycles. The third-order valence-corrected chi connectivity index (χ3v) is 4.43. The Morgan fingerprint density at radius 2 is 2.09 bits per heavy atom. The van der Waals surface area contributed by atoms with Crippen molar-refractivity contribution in [1.82, 2.24) is 4.90 Å². The molecule has 0 aromatic heterocycles. The van der Waals surface area contributed by atoms with E-state index in [4.69, 9.17) is 22.1 Å². The number of unbranched alkanes of at least 4 members (excludes halogenated alkanes) is 2. The van der Waals surface area contributed by atoms with Crippen LogP contribution in [0.4, 0.5) is 5.69 Å². The van der Waals surface area contributed by atoms with Crippen molar-refractivity contribution in [2.75, 3.05) is 31.8 Å². The summed E-state index contributed by atoms with van der Waals surface area (Å²) in [6, 6.07) is 3.55. The fourth-order valence-electron chi connectivity index (χ4n) is 2.30. The molecule has 6 heteroatoms. The number of esters is 1. The summed E-state index contributed by atoms with van der Waals surface area (Å²) in [7, 11) is 2.04. The predicted octanol–water partition coefficient (Wildman–Crippen LogP) is 4.44. The summed E-state index contributed by atoms with van der Waals surface area (Å²) >= 11 is 9.05. The number of rotatable bonds is 10. The number of alkyl halides is 1. The van der Waals surface area contributed by atoms with Gasteiger partial charge in [0.2, 0.25) is 0 Å². The smallest absolute Gasteiger partial charge is 0.338 e. The standard InChI is InChI=1S/C17H26BrClN2O2/c1-3-8-21(2)12-14-10-13(11-15(18)16(14)20)17(22)23-9-6-4-5-7-19/h10-11H,3-9,12,20H2,1-2H3. The Hall–Kier alpha value is -0.780. The molecule has 0 saturated carbocycles. The molecule has 0 heterocycles. The Morgan fingerprint density at radius 1 is 1.35 bits per heavy atom. The average Bonchev–Trinajstić information content (AvgIpc) is 2.51. The van der Waals surface area contributed by atoms with Gasteiger partial charge in [-0.25, -0.2) is 4.79 Å². The van der Waals surface area contributed by atoms with Gasteiger partial charge in [-0.3, -0.25) is 0 Å². The van der Waals surface area contributed by atoms with Gasteiger partial charge in [-0.1, -0.05) is 6.92 Å². The van der Waals surface area contributed by atoms with Crippen molar-refractivity contribution in [3.8, 4) is 0 Å². The fourth-order valence-corrected chi connectivity index (χ4v) is 2.99. The molecule has 23 heavy (non-hydrogen) atoms. The first kappa shape index (κ1) is 20.3. The summed E-state index contributed by atoms with van der Waals surface area (Å²) in [5.74, 6) is 0.337. The lowest BCUT2D eigenvalue weighted by atomic mass is 10.1. The molecule has 0 spiro atoms. The molecule has 1 rings (SSSR count). The van der Waals surface area contributed by atoms with Gasteiger partial charge in [-0.15, -0.1) is 11.6 Å². The maximum absolute atomic E-state index is 12.2. The quantitative estimate of drug-likeness (QED) is 0.271. The summed E-state index contributed by atoms with van der Waals surface area (Å²) in [5.41, 5.74) is 8.25. The van der Waals surface area contributed by atoms with Gasteiger partial charge < -0.3 is 15.4 Å². The monoisotopic (exact) mass is 404 g/mol. The van der Waals surface area contributed by atoms with E-state index in [2.05, 4.69) is 27.8 Å². The molecule has 2 N–H and O–H groups in total. The van der Waals surface area contributed by atoms with Crippen LogP contribution >= 0.6 is 27.5 Å². The number of benzene rings is 1. The Labute approximate surface area is 152 Å². The highest BCUT2D eigenvalue weighted by Gasteiger charge is 2.14. The minimum Gasteiger partial charge on any atom is -0.462 e. The van der Waals surface area contributed by atoms with E-state index in [0.717, 1.165) is 42.3 Å². The topological polar surface area (TPSA) is 55.6 Å². The number of ether oxygens (including phenoxy) is 1. The second kappa shape index (κ2) is 10.9. The van der Waals surface area contributed by atoms with Crippen molar-refractivity contribution in [2.45, 2.75) is 39.2 Å². The molecule has 0 aliphatic rings. The predicted molar refractivity (Wildman–Crippen MR) is 100 cm³/mol. The van der Waals surface area contributed by atoms with E-state index < -0.39 is 0 Å². The van der Waals surface area contributed by atoms with Gasteiger partial charge in [0.15, 0.2) is 0 Å². The van der Waals surface area contributed by atoms with Crippen molar-refractivity contribution in [3.63, 3.8) is 0 Å². The first-order valence-electron chi connectivity index (χ1n) is 7.99. The molecule has 0 radical (unpaired) electrons. The number of nitrogen functional groups attached to an aromatic ring is 1. The lowest BCUT2D eigenvalue weighted by Gasteiger charge is -2.18. The Balaban J connectivity index is 2.71. The number of nitrogens with two attached hydrogens (primary N) is 1. The zero-order valence-electron chi connectivity index (χ0n) is 13.9. The molecule has 0 bridgehead atoms. The number of hydrogen-bond acceptors (Lipinski definition) is 4. The number of hydrogen-bond donors (Lipinski definition) is 1. The van der Waals surface area contributed by atoms with Gasteiger partial charge in [0.05, 0.1) is 17.9 Å². The Bertz CT molecular complexity index is 512. The molecular formula is C17H26BrClN2O2. The normalized spacial score (nSPS) is 11.0. The molecule has 0 amide bonds. The van der Waals surface area contributed by atoms with Crippen LogP contribution in [0, 0.1) is 0 Å². The molecular weight excluding hydrogens is 380 g/mol. The molecule has 0 aliphatic carbocycles. The first-order chi connectivity index (χ1) is 11.0. The highest BCUT2D eigenvalue weighted by molar-refractivity contribution is 9.10. The number of halogens is 2.